The summed E-state index contributed by atoms with van der Waals surface area (Å²) < 4.78 is 0. The van der Waals surface area contributed by atoms with Crippen molar-refractivity contribution >= 4 is 14.7 Å². The molecule has 2 heteroatoms. The van der Waals surface area contributed by atoms with Gasteiger partial charge in [-0.25, -0.2) is 0 Å². The summed E-state index contributed by atoms with van der Waals surface area (Å²) in [4.78, 5) is 0. The molecule has 0 aromatic heterocycles. The van der Waals surface area contributed by atoms with Crippen LogP contribution in [0.25, 0.3) is 0 Å². The van der Waals surface area contributed by atoms with Crippen LogP contribution in [0.5, 0.6) is 0 Å². The van der Waals surface area contributed by atoms with E-state index in [4.69, 9.17) is 6.42 Å². The van der Waals surface area contributed by atoms with Crippen LogP contribution >= 0.6 is 0 Å². The Morgan fingerprint density at radius 3 is 1.62 bits per heavy atom. The van der Waals surface area contributed by atoms with Crippen molar-refractivity contribution < 1.29 is 22.4 Å². The van der Waals surface area contributed by atoms with E-state index in [1.807, 2.05) is 30.3 Å². The van der Waals surface area contributed by atoms with Gasteiger partial charge in [0, 0.05) is 0 Å². The summed E-state index contributed by atoms with van der Waals surface area (Å²) in [5.41, 5.74) is 0.826. The first kappa shape index (κ1) is 18.4. The molecule has 16 heavy (non-hydrogen) atoms. The molecule has 0 radical (unpaired) electrons. The molecule has 0 N–H and O–H groups in total. The maximum Gasteiger partial charge on any atom is 1.00 e. The Morgan fingerprint density at radius 2 is 1.44 bits per heavy atom. The first-order valence-corrected chi connectivity index (χ1v) is 9.46. The Kier molecular flexibility index (Phi) is 15.2. The zero-order valence-corrected chi connectivity index (χ0v) is 14.3. The maximum absolute atomic E-state index is 6.69. The molecule has 1 aromatic rings. The summed E-state index contributed by atoms with van der Waals surface area (Å²) in [6.07, 6.45) is 6.69. The van der Waals surface area contributed by atoms with E-state index in [1.54, 1.807) is 0 Å². The van der Waals surface area contributed by atoms with Gasteiger partial charge in [-0.05, 0) is 0 Å². The fraction of sp³-hybridized carbons (Fsp3) is 0.429. The molecule has 0 amide bonds. The van der Waals surface area contributed by atoms with Gasteiger partial charge in [-0.15, -0.1) is 17.7 Å². The molecule has 0 aliphatic carbocycles. The molecule has 0 aliphatic rings. The third kappa shape index (κ3) is 9.32. The predicted octanol–water partition coefficient (Wildman–Crippen LogP) is 4.16. The molecule has 1 aromatic carbocycles. The normalized spacial score (nSPS) is 8.44. The van der Waals surface area contributed by atoms with Gasteiger partial charge < -0.3 is 6.42 Å². The van der Waals surface area contributed by atoms with Crippen LogP contribution in [0.3, 0.4) is 0 Å². The largest absolute Gasteiger partial charge is 1.00 e. The molecule has 0 saturated carbocycles. The van der Waals surface area contributed by atoms with Gasteiger partial charge in [-0.3, -0.25) is 5.92 Å². The molecule has 0 bridgehead atoms. The van der Waals surface area contributed by atoms with Gasteiger partial charge in [0.15, 0.2) is 0 Å². The minimum absolute atomic E-state index is 0. The van der Waals surface area contributed by atoms with Gasteiger partial charge >= 0.3 is 73.4 Å². The van der Waals surface area contributed by atoms with Crippen molar-refractivity contribution in [3.8, 4) is 5.92 Å². The number of hydrogen-bond donors (Lipinski definition) is 0. The van der Waals surface area contributed by atoms with Crippen LogP contribution in [0.1, 0.15) is 26.3 Å². The van der Waals surface area contributed by atoms with E-state index in [0.29, 0.717) is 0 Å². The molecule has 0 unspecified atom stereocenters. The fourth-order valence-electron chi connectivity index (χ4n) is 1.19. The van der Waals surface area contributed by atoms with Gasteiger partial charge in [0.25, 0.3) is 0 Å². The van der Waals surface area contributed by atoms with Crippen molar-refractivity contribution in [1.82, 2.24) is 0 Å². The molecular formula is C14H20AsAu. The maximum atomic E-state index is 6.69. The zero-order chi connectivity index (χ0) is 11.5. The van der Waals surface area contributed by atoms with Crippen LogP contribution in [0, 0.1) is 12.3 Å². The van der Waals surface area contributed by atoms with Crippen molar-refractivity contribution in [2.45, 2.75) is 36.4 Å². The Labute approximate surface area is 121 Å². The Bertz CT molecular complexity index is 267. The second kappa shape index (κ2) is 13.1. The summed E-state index contributed by atoms with van der Waals surface area (Å²) in [5.74, 6) is 2.28. The molecule has 0 atom stereocenters. The summed E-state index contributed by atoms with van der Waals surface area (Å²) in [6.45, 7) is 6.98. The first-order valence-electron chi connectivity index (χ1n) is 5.48. The van der Waals surface area contributed by atoms with E-state index < -0.39 is 0 Å². The van der Waals surface area contributed by atoms with E-state index in [1.165, 1.54) is 15.6 Å². The molecule has 92 valence electrons. The summed E-state index contributed by atoms with van der Waals surface area (Å²) in [6, 6.07) is 9.37. The Hall–Kier alpha value is 0.0787. The molecule has 0 aliphatic heterocycles. The molecule has 1 rings (SSSR count). The number of hydrogen-bond acceptors (Lipinski definition) is 0. The van der Waals surface area contributed by atoms with Gasteiger partial charge in [0.1, 0.15) is 0 Å². The Morgan fingerprint density at radius 1 is 1.00 bits per heavy atom. The van der Waals surface area contributed by atoms with Crippen molar-refractivity contribution in [1.29, 1.82) is 0 Å². The van der Waals surface area contributed by atoms with Gasteiger partial charge in [0.05, 0.1) is 0 Å². The van der Waals surface area contributed by atoms with Gasteiger partial charge in [-0.2, -0.15) is 0 Å². The van der Waals surface area contributed by atoms with Crippen molar-refractivity contribution in [3.05, 3.63) is 42.3 Å². The minimum Gasteiger partial charge on any atom is -0.366 e. The van der Waals surface area contributed by atoms with Crippen LogP contribution in [0.2, 0.25) is 15.6 Å². The van der Waals surface area contributed by atoms with E-state index in [2.05, 4.69) is 26.7 Å². The van der Waals surface area contributed by atoms with E-state index in [9.17, 15) is 0 Å². The number of benzene rings is 1. The SMILES string of the molecule is CC[As](CC)CC.[Au+].[C-]#Cc1ccccc1. The molecule has 0 nitrogen and oxygen atoms in total. The van der Waals surface area contributed by atoms with E-state index >= 15 is 0 Å². The molecular weight excluding hydrogens is 440 g/mol. The van der Waals surface area contributed by atoms with Crippen LogP contribution < -0.4 is 0 Å². The fourth-order valence-corrected chi connectivity index (χ4v) is 4.01. The van der Waals surface area contributed by atoms with Crippen LogP contribution in [-0.2, 0) is 22.4 Å². The summed E-state index contributed by atoms with van der Waals surface area (Å²) in [5, 5.41) is 4.50. The third-order valence-electron chi connectivity index (χ3n) is 2.26. The Balaban J connectivity index is 0. The van der Waals surface area contributed by atoms with Crippen LogP contribution in [0.15, 0.2) is 30.3 Å². The monoisotopic (exact) mass is 460 g/mol. The average Bonchev–Trinajstić information content (AvgIpc) is 2.33. The molecule has 0 spiro atoms. The predicted molar refractivity (Wildman–Crippen MR) is 69.9 cm³/mol. The molecule has 0 fully saturated rings. The van der Waals surface area contributed by atoms with E-state index in [0.717, 1.165) is 5.56 Å². The number of rotatable bonds is 3. The van der Waals surface area contributed by atoms with Crippen molar-refractivity contribution in [2.75, 3.05) is 0 Å². The molecule has 0 heterocycles. The topological polar surface area (TPSA) is 0 Å². The smallest absolute Gasteiger partial charge is 0.366 e. The van der Waals surface area contributed by atoms with Gasteiger partial charge in [0.2, 0.25) is 0 Å². The van der Waals surface area contributed by atoms with E-state index in [-0.39, 0.29) is 37.0 Å². The van der Waals surface area contributed by atoms with Crippen LogP contribution in [0.4, 0.5) is 0 Å². The molecule has 0 saturated heterocycles. The zero-order valence-electron chi connectivity index (χ0n) is 10.3. The first-order chi connectivity index (χ1) is 7.28. The van der Waals surface area contributed by atoms with Gasteiger partial charge in [-0.1, -0.05) is 18.2 Å². The quantitative estimate of drug-likeness (QED) is 0.361. The third-order valence-corrected chi connectivity index (χ3v) is 7.89. The second-order valence-corrected chi connectivity index (χ2v) is 9.91. The summed E-state index contributed by atoms with van der Waals surface area (Å²) in [7, 11) is 0. The standard InChI is InChI=1S/C8H5.C6H15As.Au/c1-2-8-6-4-3-5-7-8;1-4-7(5-2)6-3;/h3-7H;4-6H2,1-3H3;/q-1;;+1. The van der Waals surface area contributed by atoms with Crippen molar-refractivity contribution in [2.24, 2.45) is 0 Å². The minimum atomic E-state index is -0.229. The summed E-state index contributed by atoms with van der Waals surface area (Å²) >= 11 is -0.229. The average molecular weight is 460 g/mol. The second-order valence-electron chi connectivity index (χ2n) is 3.11. The van der Waals surface area contributed by atoms with Crippen LogP contribution in [-0.4, -0.2) is 14.7 Å². The van der Waals surface area contributed by atoms with Crippen molar-refractivity contribution in [3.63, 3.8) is 0 Å².